The molecule has 0 unspecified atom stereocenters. The van der Waals surface area contributed by atoms with Gasteiger partial charge in [0, 0.05) is 16.0 Å². The largest absolute Gasteiger partial charge is 0.461 e. The minimum atomic E-state index is -0.380. The Morgan fingerprint density at radius 3 is 2.93 bits per heavy atom. The van der Waals surface area contributed by atoms with Crippen LogP contribution >= 0.6 is 31.9 Å². The first-order valence-electron chi connectivity index (χ1n) is 4.06. The topological polar surface area (TPSA) is 39.2 Å². The van der Waals surface area contributed by atoms with Gasteiger partial charge in [-0.1, -0.05) is 15.9 Å². The van der Waals surface area contributed by atoms with Crippen LogP contribution in [0.5, 0.6) is 0 Å². The lowest BCUT2D eigenvalue weighted by Gasteiger charge is -2.05. The summed E-state index contributed by atoms with van der Waals surface area (Å²) in [4.78, 5) is 15.4. The summed E-state index contributed by atoms with van der Waals surface area (Å²) >= 11 is 6.58. The Labute approximate surface area is 99.1 Å². The van der Waals surface area contributed by atoms with Gasteiger partial charge in [-0.3, -0.25) is 0 Å². The highest BCUT2D eigenvalue weighted by atomic mass is 79.9. The molecule has 0 N–H and O–H groups in total. The lowest BCUT2D eigenvalue weighted by molar-refractivity contribution is 0.0518. The van der Waals surface area contributed by atoms with E-state index in [2.05, 4.69) is 36.8 Å². The number of carbonyl (C=O) groups is 1. The molecule has 1 heterocycles. The third kappa shape index (κ3) is 2.78. The summed E-state index contributed by atoms with van der Waals surface area (Å²) in [5, 5.41) is 0.577. The van der Waals surface area contributed by atoms with Gasteiger partial charge in [0.2, 0.25) is 0 Å². The fourth-order valence-corrected chi connectivity index (χ4v) is 1.77. The van der Waals surface area contributed by atoms with E-state index in [4.69, 9.17) is 4.74 Å². The molecule has 0 atom stereocenters. The van der Waals surface area contributed by atoms with E-state index in [1.807, 2.05) is 6.07 Å². The predicted molar refractivity (Wildman–Crippen MR) is 60.5 cm³/mol. The zero-order chi connectivity index (χ0) is 10.6. The summed E-state index contributed by atoms with van der Waals surface area (Å²) < 4.78 is 5.72. The van der Waals surface area contributed by atoms with Gasteiger partial charge >= 0.3 is 5.97 Å². The van der Waals surface area contributed by atoms with Crippen molar-refractivity contribution in [1.82, 2.24) is 4.98 Å². The number of ether oxygens (including phenoxy) is 1. The Balaban J connectivity index is 3.01. The molecule has 0 aliphatic carbocycles. The Morgan fingerprint density at radius 1 is 1.64 bits per heavy atom. The summed E-state index contributed by atoms with van der Waals surface area (Å²) in [6.07, 6.45) is 1.58. The van der Waals surface area contributed by atoms with E-state index in [9.17, 15) is 4.79 Å². The maximum absolute atomic E-state index is 11.4. The number of nitrogens with zero attached hydrogens (tertiary/aromatic N) is 1. The van der Waals surface area contributed by atoms with Gasteiger partial charge in [0.15, 0.2) is 5.69 Å². The van der Waals surface area contributed by atoms with Gasteiger partial charge in [-0.05, 0) is 34.5 Å². The van der Waals surface area contributed by atoms with Gasteiger partial charge in [0.05, 0.1) is 6.61 Å². The van der Waals surface area contributed by atoms with Crippen LogP contribution < -0.4 is 0 Å². The molecule has 0 aromatic carbocycles. The summed E-state index contributed by atoms with van der Waals surface area (Å²) in [7, 11) is 0. The number of pyridine rings is 1. The molecule has 0 bridgehead atoms. The van der Waals surface area contributed by atoms with Crippen molar-refractivity contribution in [3.8, 4) is 0 Å². The van der Waals surface area contributed by atoms with Crippen LogP contribution in [0.2, 0.25) is 0 Å². The SMILES string of the molecule is CCOC(=O)c1ncc(Br)cc1CBr. The molecule has 0 radical (unpaired) electrons. The lowest BCUT2D eigenvalue weighted by Crippen LogP contribution is -2.09. The van der Waals surface area contributed by atoms with Gasteiger partial charge < -0.3 is 4.74 Å². The molecule has 0 amide bonds. The molecular weight excluding hydrogens is 314 g/mol. The first-order valence-corrected chi connectivity index (χ1v) is 5.98. The second-order valence-corrected chi connectivity index (χ2v) is 3.99. The Morgan fingerprint density at radius 2 is 2.36 bits per heavy atom. The average Bonchev–Trinajstić information content (AvgIpc) is 2.17. The van der Waals surface area contributed by atoms with Crippen molar-refractivity contribution in [3.05, 3.63) is 28.0 Å². The smallest absolute Gasteiger partial charge is 0.357 e. The van der Waals surface area contributed by atoms with Crippen LogP contribution in [0.15, 0.2) is 16.7 Å². The molecule has 0 aliphatic heterocycles. The molecule has 0 fully saturated rings. The Bertz CT molecular complexity index is 342. The average molecular weight is 323 g/mol. The number of hydrogen-bond donors (Lipinski definition) is 0. The van der Waals surface area contributed by atoms with Crippen molar-refractivity contribution >= 4 is 37.8 Å². The minimum absolute atomic E-state index is 0.359. The highest BCUT2D eigenvalue weighted by molar-refractivity contribution is 9.10. The standard InChI is InChI=1S/C9H9Br2NO2/c1-2-14-9(13)8-6(4-10)3-7(11)5-12-8/h3,5H,2,4H2,1H3. The molecule has 0 spiro atoms. The van der Waals surface area contributed by atoms with Crippen LogP contribution in [0.4, 0.5) is 0 Å². The molecule has 0 aliphatic rings. The van der Waals surface area contributed by atoms with Crippen LogP contribution in [0, 0.1) is 0 Å². The molecule has 3 nitrogen and oxygen atoms in total. The first kappa shape index (κ1) is 11.7. The molecular formula is C9H9Br2NO2. The quantitative estimate of drug-likeness (QED) is 0.634. The Kier molecular flexibility index (Phi) is 4.54. The van der Waals surface area contributed by atoms with Crippen LogP contribution in [0.3, 0.4) is 0 Å². The number of rotatable bonds is 3. The van der Waals surface area contributed by atoms with E-state index in [0.29, 0.717) is 17.6 Å². The maximum atomic E-state index is 11.4. The van der Waals surface area contributed by atoms with E-state index >= 15 is 0 Å². The molecule has 0 saturated carbocycles. The van der Waals surface area contributed by atoms with Crippen molar-refractivity contribution in [3.63, 3.8) is 0 Å². The fourth-order valence-electron chi connectivity index (χ4n) is 0.966. The lowest BCUT2D eigenvalue weighted by atomic mass is 10.2. The van der Waals surface area contributed by atoms with E-state index in [1.54, 1.807) is 13.1 Å². The second-order valence-electron chi connectivity index (χ2n) is 2.52. The molecule has 1 aromatic rings. The summed E-state index contributed by atoms with van der Waals surface area (Å²) in [5.41, 5.74) is 1.18. The van der Waals surface area contributed by atoms with Crippen molar-refractivity contribution in [2.45, 2.75) is 12.3 Å². The molecule has 1 rings (SSSR count). The van der Waals surface area contributed by atoms with Gasteiger partial charge in [0.1, 0.15) is 0 Å². The number of hydrogen-bond acceptors (Lipinski definition) is 3. The maximum Gasteiger partial charge on any atom is 0.357 e. The third-order valence-electron chi connectivity index (χ3n) is 1.55. The van der Waals surface area contributed by atoms with E-state index in [1.165, 1.54) is 0 Å². The van der Waals surface area contributed by atoms with Crippen molar-refractivity contribution in [1.29, 1.82) is 0 Å². The minimum Gasteiger partial charge on any atom is -0.461 e. The summed E-state index contributed by atoms with van der Waals surface area (Å²) in [6, 6.07) is 1.84. The van der Waals surface area contributed by atoms with Crippen molar-refractivity contribution in [2.75, 3.05) is 6.61 Å². The van der Waals surface area contributed by atoms with E-state index < -0.39 is 0 Å². The van der Waals surface area contributed by atoms with Crippen LogP contribution in [-0.4, -0.2) is 17.6 Å². The molecule has 14 heavy (non-hydrogen) atoms. The predicted octanol–water partition coefficient (Wildman–Crippen LogP) is 2.92. The van der Waals surface area contributed by atoms with Crippen LogP contribution in [0.1, 0.15) is 23.0 Å². The van der Waals surface area contributed by atoms with Gasteiger partial charge in [0.25, 0.3) is 0 Å². The van der Waals surface area contributed by atoms with Gasteiger partial charge in [-0.15, -0.1) is 0 Å². The molecule has 1 aromatic heterocycles. The number of aromatic nitrogens is 1. The second kappa shape index (κ2) is 5.46. The van der Waals surface area contributed by atoms with Crippen LogP contribution in [-0.2, 0) is 10.1 Å². The van der Waals surface area contributed by atoms with Crippen LogP contribution in [0.25, 0.3) is 0 Å². The Hall–Kier alpha value is -0.420. The van der Waals surface area contributed by atoms with E-state index in [0.717, 1.165) is 10.0 Å². The number of halogens is 2. The molecule has 76 valence electrons. The summed E-state index contributed by atoms with van der Waals surface area (Å²) in [5.74, 6) is -0.380. The first-order chi connectivity index (χ1) is 6.69. The van der Waals surface area contributed by atoms with Gasteiger partial charge in [-0.2, -0.15) is 0 Å². The van der Waals surface area contributed by atoms with Gasteiger partial charge in [-0.25, -0.2) is 9.78 Å². The molecule has 5 heteroatoms. The molecule has 0 saturated heterocycles. The van der Waals surface area contributed by atoms with E-state index in [-0.39, 0.29) is 5.97 Å². The normalized spacial score (nSPS) is 9.93. The monoisotopic (exact) mass is 321 g/mol. The summed E-state index contributed by atoms with van der Waals surface area (Å²) in [6.45, 7) is 2.13. The highest BCUT2D eigenvalue weighted by Crippen LogP contribution is 2.17. The third-order valence-corrected chi connectivity index (χ3v) is 2.58. The highest BCUT2D eigenvalue weighted by Gasteiger charge is 2.13. The number of alkyl halides is 1. The van der Waals surface area contributed by atoms with Crippen molar-refractivity contribution < 1.29 is 9.53 Å². The fraction of sp³-hybridized carbons (Fsp3) is 0.333. The zero-order valence-electron chi connectivity index (χ0n) is 7.59. The number of esters is 1. The number of carbonyl (C=O) groups excluding carboxylic acids is 1. The van der Waals surface area contributed by atoms with Crippen molar-refractivity contribution in [2.24, 2.45) is 0 Å². The zero-order valence-corrected chi connectivity index (χ0v) is 10.8.